The summed E-state index contributed by atoms with van der Waals surface area (Å²) in [6.07, 6.45) is 13.3. The third kappa shape index (κ3) is 3.44. The van der Waals surface area contributed by atoms with Gasteiger partial charge in [-0.3, -0.25) is 4.99 Å². The highest BCUT2D eigenvalue weighted by molar-refractivity contribution is 8.13. The van der Waals surface area contributed by atoms with Gasteiger partial charge < -0.3 is 5.32 Å². The van der Waals surface area contributed by atoms with Crippen LogP contribution < -0.4 is 5.32 Å². The fourth-order valence-corrected chi connectivity index (χ4v) is 5.85. The van der Waals surface area contributed by atoms with E-state index in [9.17, 15) is 0 Å². The van der Waals surface area contributed by atoms with Crippen molar-refractivity contribution in [1.29, 1.82) is 0 Å². The summed E-state index contributed by atoms with van der Waals surface area (Å²) in [5, 5.41) is 5.84. The van der Waals surface area contributed by atoms with Gasteiger partial charge in [0, 0.05) is 17.0 Å². The van der Waals surface area contributed by atoms with Crippen molar-refractivity contribution in [3.05, 3.63) is 0 Å². The van der Waals surface area contributed by atoms with Crippen molar-refractivity contribution >= 4 is 28.7 Å². The van der Waals surface area contributed by atoms with E-state index in [0.717, 1.165) is 11.2 Å². The van der Waals surface area contributed by atoms with Crippen LogP contribution in [0.4, 0.5) is 0 Å². The minimum Gasteiger partial charge on any atom is -0.361 e. The van der Waals surface area contributed by atoms with Gasteiger partial charge in [0.1, 0.15) is 0 Å². The number of thioether (sulfide) groups is 2. The van der Waals surface area contributed by atoms with Gasteiger partial charge in [0.15, 0.2) is 5.17 Å². The second-order valence-electron chi connectivity index (χ2n) is 6.17. The molecule has 1 aliphatic heterocycles. The number of aliphatic imine (C=N–C) groups is 1. The molecule has 0 spiro atoms. The van der Waals surface area contributed by atoms with Gasteiger partial charge in [-0.05, 0) is 37.9 Å². The van der Waals surface area contributed by atoms with Crippen molar-refractivity contribution in [2.24, 2.45) is 10.9 Å². The zero-order valence-corrected chi connectivity index (χ0v) is 13.6. The SMILES string of the molecule is CSC1CCCCC1NC1=NC2CCCCC2CS1. The third-order valence-corrected chi connectivity index (χ3v) is 7.16. The Morgan fingerprint density at radius 3 is 2.79 bits per heavy atom. The van der Waals surface area contributed by atoms with Crippen LogP contribution in [0, 0.1) is 5.92 Å². The summed E-state index contributed by atoms with van der Waals surface area (Å²) < 4.78 is 0. The Kier molecular flexibility index (Phi) is 5.02. The highest BCUT2D eigenvalue weighted by Gasteiger charge is 2.31. The van der Waals surface area contributed by atoms with Gasteiger partial charge in [-0.2, -0.15) is 11.8 Å². The van der Waals surface area contributed by atoms with Crippen LogP contribution in [0.25, 0.3) is 0 Å². The Morgan fingerprint density at radius 2 is 1.89 bits per heavy atom. The Bertz CT molecular complexity index is 332. The average Bonchev–Trinajstić information content (AvgIpc) is 2.48. The second kappa shape index (κ2) is 6.75. The van der Waals surface area contributed by atoms with Crippen molar-refractivity contribution in [1.82, 2.24) is 5.32 Å². The fourth-order valence-electron chi connectivity index (χ4n) is 3.71. The van der Waals surface area contributed by atoms with E-state index in [-0.39, 0.29) is 0 Å². The molecule has 2 aliphatic carbocycles. The summed E-state index contributed by atoms with van der Waals surface area (Å²) in [6.45, 7) is 0. The fraction of sp³-hybridized carbons (Fsp3) is 0.933. The molecule has 0 aromatic rings. The first kappa shape index (κ1) is 14.1. The average molecular weight is 299 g/mol. The molecule has 1 N–H and O–H groups in total. The topological polar surface area (TPSA) is 24.4 Å². The zero-order valence-electron chi connectivity index (χ0n) is 11.9. The lowest BCUT2D eigenvalue weighted by Gasteiger charge is -2.36. The molecule has 2 fully saturated rings. The van der Waals surface area contributed by atoms with Gasteiger partial charge in [-0.1, -0.05) is 37.4 Å². The Balaban J connectivity index is 1.61. The van der Waals surface area contributed by atoms with Crippen LogP contribution in [0.3, 0.4) is 0 Å². The predicted octanol–water partition coefficient (Wildman–Crippen LogP) is 3.91. The second-order valence-corrected chi connectivity index (χ2v) is 8.25. The van der Waals surface area contributed by atoms with Crippen LogP contribution in [0.1, 0.15) is 51.4 Å². The molecule has 0 aromatic heterocycles. The molecule has 0 radical (unpaired) electrons. The molecule has 2 nitrogen and oxygen atoms in total. The molecule has 0 amide bonds. The number of fused-ring (bicyclic) bond motifs is 1. The summed E-state index contributed by atoms with van der Waals surface area (Å²) in [5.41, 5.74) is 0. The van der Waals surface area contributed by atoms with Crippen LogP contribution in [-0.4, -0.2) is 34.5 Å². The first-order valence-electron chi connectivity index (χ1n) is 7.87. The molecule has 4 unspecified atom stereocenters. The van der Waals surface area contributed by atoms with E-state index in [4.69, 9.17) is 4.99 Å². The highest BCUT2D eigenvalue weighted by atomic mass is 32.2. The number of hydrogen-bond acceptors (Lipinski definition) is 4. The molecule has 3 aliphatic rings. The lowest BCUT2D eigenvalue weighted by molar-refractivity contribution is 0.334. The molecule has 2 saturated carbocycles. The maximum absolute atomic E-state index is 5.03. The largest absolute Gasteiger partial charge is 0.361 e. The van der Waals surface area contributed by atoms with Crippen molar-refractivity contribution in [2.45, 2.75) is 68.7 Å². The molecular formula is C15H26N2S2. The molecule has 0 aromatic carbocycles. The van der Waals surface area contributed by atoms with Crippen LogP contribution in [0.15, 0.2) is 4.99 Å². The number of nitrogens with zero attached hydrogens (tertiary/aromatic N) is 1. The number of rotatable bonds is 2. The zero-order chi connectivity index (χ0) is 13.1. The maximum atomic E-state index is 5.03. The number of nitrogens with one attached hydrogen (secondary N) is 1. The van der Waals surface area contributed by atoms with E-state index in [1.165, 1.54) is 62.3 Å². The van der Waals surface area contributed by atoms with Gasteiger partial charge in [0.05, 0.1) is 6.04 Å². The minimum atomic E-state index is 0.633. The normalized spacial score (nSPS) is 39.3. The lowest BCUT2D eigenvalue weighted by Crippen LogP contribution is -2.45. The molecule has 0 saturated heterocycles. The maximum Gasteiger partial charge on any atom is 0.157 e. The lowest BCUT2D eigenvalue weighted by atomic mass is 9.86. The van der Waals surface area contributed by atoms with Gasteiger partial charge in [-0.25, -0.2) is 0 Å². The molecule has 1 heterocycles. The first-order chi connectivity index (χ1) is 9.36. The summed E-state index contributed by atoms with van der Waals surface area (Å²) in [5.74, 6) is 2.17. The van der Waals surface area contributed by atoms with Crippen molar-refractivity contribution < 1.29 is 0 Å². The predicted molar refractivity (Wildman–Crippen MR) is 88.3 cm³/mol. The van der Waals surface area contributed by atoms with Crippen molar-refractivity contribution in [3.63, 3.8) is 0 Å². The van der Waals surface area contributed by atoms with E-state index in [2.05, 4.69) is 11.6 Å². The van der Waals surface area contributed by atoms with E-state index >= 15 is 0 Å². The molecule has 19 heavy (non-hydrogen) atoms. The number of hydrogen-bond donors (Lipinski definition) is 1. The minimum absolute atomic E-state index is 0.633. The molecule has 0 bridgehead atoms. The molecule has 108 valence electrons. The standard InChI is InChI=1S/C15H26N2S2/c1-18-14-9-5-4-8-13(14)17-15-16-12-7-3-2-6-11(12)10-19-15/h11-14H,2-10H2,1H3,(H,16,17). The summed E-state index contributed by atoms with van der Waals surface area (Å²) in [7, 11) is 0. The molecule has 3 rings (SSSR count). The van der Waals surface area contributed by atoms with Crippen molar-refractivity contribution in [2.75, 3.05) is 12.0 Å². The molecular weight excluding hydrogens is 272 g/mol. The first-order valence-corrected chi connectivity index (χ1v) is 10.1. The Labute approximate surface area is 126 Å². The van der Waals surface area contributed by atoms with Crippen LogP contribution in [0.2, 0.25) is 0 Å². The third-order valence-electron chi connectivity index (χ3n) is 4.90. The quantitative estimate of drug-likeness (QED) is 0.836. The number of amidine groups is 1. The monoisotopic (exact) mass is 298 g/mol. The summed E-state index contributed by atoms with van der Waals surface area (Å²) >= 11 is 4.02. The summed E-state index contributed by atoms with van der Waals surface area (Å²) in [6, 6.07) is 1.30. The van der Waals surface area contributed by atoms with E-state index in [0.29, 0.717) is 12.1 Å². The molecule has 4 heteroatoms. The van der Waals surface area contributed by atoms with Gasteiger partial charge in [-0.15, -0.1) is 0 Å². The highest BCUT2D eigenvalue weighted by Crippen LogP contribution is 2.34. The van der Waals surface area contributed by atoms with E-state index < -0.39 is 0 Å². The Morgan fingerprint density at radius 1 is 1.11 bits per heavy atom. The van der Waals surface area contributed by atoms with E-state index in [1.54, 1.807) is 0 Å². The summed E-state index contributed by atoms with van der Waals surface area (Å²) in [4.78, 5) is 5.03. The van der Waals surface area contributed by atoms with E-state index in [1.807, 2.05) is 23.5 Å². The smallest absolute Gasteiger partial charge is 0.157 e. The molecule has 4 atom stereocenters. The van der Waals surface area contributed by atoms with Crippen LogP contribution >= 0.6 is 23.5 Å². The Hall–Kier alpha value is 0.170. The van der Waals surface area contributed by atoms with Crippen LogP contribution in [-0.2, 0) is 0 Å². The van der Waals surface area contributed by atoms with Gasteiger partial charge >= 0.3 is 0 Å². The van der Waals surface area contributed by atoms with Crippen molar-refractivity contribution in [3.8, 4) is 0 Å². The van der Waals surface area contributed by atoms with Gasteiger partial charge in [0.2, 0.25) is 0 Å². The van der Waals surface area contributed by atoms with Crippen LogP contribution in [0.5, 0.6) is 0 Å². The van der Waals surface area contributed by atoms with Gasteiger partial charge in [0.25, 0.3) is 0 Å².